The van der Waals surface area contributed by atoms with E-state index in [9.17, 15) is 9.59 Å². The van der Waals surface area contributed by atoms with Gasteiger partial charge in [-0.25, -0.2) is 0 Å². The normalized spacial score (nSPS) is 17.9. The van der Waals surface area contributed by atoms with Crippen LogP contribution in [0.3, 0.4) is 0 Å². The van der Waals surface area contributed by atoms with Gasteiger partial charge in [0.25, 0.3) is 5.91 Å². The van der Waals surface area contributed by atoms with E-state index in [1.54, 1.807) is 0 Å². The highest BCUT2D eigenvalue weighted by atomic mass is 16.2. The summed E-state index contributed by atoms with van der Waals surface area (Å²) in [4.78, 5) is 27.9. The van der Waals surface area contributed by atoms with E-state index >= 15 is 0 Å². The lowest BCUT2D eigenvalue weighted by molar-refractivity contribution is -0.120. The van der Waals surface area contributed by atoms with Crippen molar-refractivity contribution in [2.75, 3.05) is 23.3 Å². The van der Waals surface area contributed by atoms with Crippen LogP contribution < -0.4 is 15.5 Å². The van der Waals surface area contributed by atoms with Crippen LogP contribution in [0.25, 0.3) is 0 Å². The Hall–Kier alpha value is -2.04. The summed E-state index contributed by atoms with van der Waals surface area (Å²) in [6.45, 7) is 6.19. The van der Waals surface area contributed by atoms with Gasteiger partial charge in [-0.15, -0.1) is 0 Å². The molecule has 3 rings (SSSR count). The maximum absolute atomic E-state index is 12.9. The smallest absolute Gasteiger partial charge is 0.253 e. The standard InChI is InChI=1S/C23H35N3O2/c1-3-5-9-17(4-2)22(27)25-19-12-13-21(26-14-7-6-8-15-26)20(16-19)23(28)24-18-10-11-18/h12-13,16-18H,3-11,14-15H2,1-2H3,(H,24,28)(H,25,27). The Labute approximate surface area is 169 Å². The van der Waals surface area contributed by atoms with Crippen molar-refractivity contribution in [3.63, 3.8) is 0 Å². The van der Waals surface area contributed by atoms with E-state index in [0.29, 0.717) is 11.6 Å². The van der Waals surface area contributed by atoms with E-state index in [2.05, 4.69) is 29.4 Å². The van der Waals surface area contributed by atoms with E-state index in [1.807, 2.05) is 18.2 Å². The minimum atomic E-state index is -0.0165. The Kier molecular flexibility index (Phi) is 7.35. The SMILES string of the molecule is CCCCC(CC)C(=O)Nc1ccc(N2CCCCC2)c(C(=O)NC2CC2)c1. The van der Waals surface area contributed by atoms with Gasteiger partial charge in [-0.3, -0.25) is 9.59 Å². The van der Waals surface area contributed by atoms with Gasteiger partial charge in [0.05, 0.1) is 5.56 Å². The minimum Gasteiger partial charge on any atom is -0.371 e. The van der Waals surface area contributed by atoms with Crippen molar-refractivity contribution in [1.82, 2.24) is 5.32 Å². The van der Waals surface area contributed by atoms with Crippen LogP contribution in [-0.2, 0) is 4.79 Å². The highest BCUT2D eigenvalue weighted by molar-refractivity contribution is 6.02. The molecule has 1 heterocycles. The molecule has 2 aliphatic rings. The van der Waals surface area contributed by atoms with Crippen molar-refractivity contribution in [3.8, 4) is 0 Å². The fourth-order valence-corrected chi connectivity index (χ4v) is 3.91. The molecule has 5 nitrogen and oxygen atoms in total. The number of rotatable bonds is 9. The lowest BCUT2D eigenvalue weighted by Crippen LogP contribution is -2.33. The number of hydrogen-bond donors (Lipinski definition) is 2. The zero-order valence-electron chi connectivity index (χ0n) is 17.4. The Morgan fingerprint density at radius 2 is 1.89 bits per heavy atom. The zero-order chi connectivity index (χ0) is 19.9. The van der Waals surface area contributed by atoms with Crippen LogP contribution in [0.5, 0.6) is 0 Å². The maximum atomic E-state index is 12.9. The molecule has 5 heteroatoms. The van der Waals surface area contributed by atoms with E-state index in [0.717, 1.165) is 75.8 Å². The summed E-state index contributed by atoms with van der Waals surface area (Å²) in [6.07, 6.45) is 9.63. The van der Waals surface area contributed by atoms with Gasteiger partial charge in [0.15, 0.2) is 0 Å². The molecule has 1 aromatic carbocycles. The van der Waals surface area contributed by atoms with E-state index in [1.165, 1.54) is 6.42 Å². The molecule has 1 saturated heterocycles. The fourth-order valence-electron chi connectivity index (χ4n) is 3.91. The van der Waals surface area contributed by atoms with Gasteiger partial charge in [-0.1, -0.05) is 26.7 Å². The Morgan fingerprint density at radius 1 is 1.14 bits per heavy atom. The first-order valence-corrected chi connectivity index (χ1v) is 11.1. The average Bonchev–Trinajstić information content (AvgIpc) is 3.53. The lowest BCUT2D eigenvalue weighted by Gasteiger charge is -2.30. The molecule has 1 aliphatic carbocycles. The van der Waals surface area contributed by atoms with Crippen LogP contribution in [0, 0.1) is 5.92 Å². The summed E-state index contributed by atoms with van der Waals surface area (Å²) in [5.41, 5.74) is 2.41. The number of piperidine rings is 1. The second-order valence-corrected chi connectivity index (χ2v) is 8.26. The lowest BCUT2D eigenvalue weighted by atomic mass is 9.98. The molecule has 1 unspecified atom stereocenters. The van der Waals surface area contributed by atoms with Crippen molar-refractivity contribution in [3.05, 3.63) is 23.8 Å². The molecule has 0 bridgehead atoms. The van der Waals surface area contributed by atoms with Gasteiger partial charge < -0.3 is 15.5 Å². The predicted octanol–water partition coefficient (Wildman–Crippen LogP) is 4.72. The molecule has 0 spiro atoms. The number of amides is 2. The van der Waals surface area contributed by atoms with Crippen molar-refractivity contribution in [2.45, 2.75) is 77.7 Å². The van der Waals surface area contributed by atoms with Gasteiger partial charge in [-0.05, 0) is 63.1 Å². The van der Waals surface area contributed by atoms with Crippen LogP contribution in [0.4, 0.5) is 11.4 Å². The van der Waals surface area contributed by atoms with Gasteiger partial charge in [0.1, 0.15) is 0 Å². The van der Waals surface area contributed by atoms with Crippen LogP contribution in [0.2, 0.25) is 0 Å². The summed E-state index contributed by atoms with van der Waals surface area (Å²) in [6, 6.07) is 6.14. The second kappa shape index (κ2) is 9.94. The molecule has 2 fully saturated rings. The summed E-state index contributed by atoms with van der Waals surface area (Å²) >= 11 is 0. The molecular weight excluding hydrogens is 350 g/mol. The Balaban J connectivity index is 1.77. The molecule has 1 saturated carbocycles. The zero-order valence-corrected chi connectivity index (χ0v) is 17.4. The number of unbranched alkanes of at least 4 members (excludes halogenated alkanes) is 1. The number of hydrogen-bond acceptors (Lipinski definition) is 3. The number of nitrogens with zero attached hydrogens (tertiary/aromatic N) is 1. The first-order valence-electron chi connectivity index (χ1n) is 11.1. The largest absolute Gasteiger partial charge is 0.371 e. The second-order valence-electron chi connectivity index (χ2n) is 8.26. The van der Waals surface area contributed by atoms with E-state index in [-0.39, 0.29) is 17.7 Å². The first-order chi connectivity index (χ1) is 13.6. The third-order valence-corrected chi connectivity index (χ3v) is 5.89. The molecule has 2 amide bonds. The maximum Gasteiger partial charge on any atom is 0.253 e. The highest BCUT2D eigenvalue weighted by Crippen LogP contribution is 2.29. The highest BCUT2D eigenvalue weighted by Gasteiger charge is 2.27. The molecule has 1 atom stereocenters. The van der Waals surface area contributed by atoms with Gasteiger partial charge in [-0.2, -0.15) is 0 Å². The number of benzene rings is 1. The predicted molar refractivity (Wildman–Crippen MR) is 115 cm³/mol. The number of nitrogens with one attached hydrogen (secondary N) is 2. The van der Waals surface area contributed by atoms with Crippen LogP contribution in [0.15, 0.2) is 18.2 Å². The third-order valence-electron chi connectivity index (χ3n) is 5.89. The third kappa shape index (κ3) is 5.49. The monoisotopic (exact) mass is 385 g/mol. The minimum absolute atomic E-state index is 0.0165. The summed E-state index contributed by atoms with van der Waals surface area (Å²) < 4.78 is 0. The number of carbonyl (C=O) groups is 2. The Bertz CT molecular complexity index is 678. The quantitative estimate of drug-likeness (QED) is 0.646. The molecular formula is C23H35N3O2. The van der Waals surface area contributed by atoms with E-state index < -0.39 is 0 Å². The van der Waals surface area contributed by atoms with Gasteiger partial charge in [0, 0.05) is 36.4 Å². The molecule has 0 radical (unpaired) electrons. The van der Waals surface area contributed by atoms with Crippen LogP contribution in [0.1, 0.15) is 82.0 Å². The van der Waals surface area contributed by atoms with E-state index in [4.69, 9.17) is 0 Å². The van der Waals surface area contributed by atoms with Crippen molar-refractivity contribution in [2.24, 2.45) is 5.92 Å². The topological polar surface area (TPSA) is 61.4 Å². The fraction of sp³-hybridized carbons (Fsp3) is 0.652. The molecule has 1 aromatic rings. The molecule has 1 aliphatic heterocycles. The summed E-state index contributed by atoms with van der Waals surface area (Å²) in [5.74, 6) is 0.0814. The number of carbonyl (C=O) groups excluding carboxylic acids is 2. The molecule has 2 N–H and O–H groups in total. The van der Waals surface area contributed by atoms with Crippen LogP contribution in [-0.4, -0.2) is 30.9 Å². The average molecular weight is 386 g/mol. The number of anilines is 2. The van der Waals surface area contributed by atoms with Gasteiger partial charge >= 0.3 is 0 Å². The van der Waals surface area contributed by atoms with Crippen LogP contribution >= 0.6 is 0 Å². The van der Waals surface area contributed by atoms with Gasteiger partial charge in [0.2, 0.25) is 5.91 Å². The van der Waals surface area contributed by atoms with Crippen molar-refractivity contribution < 1.29 is 9.59 Å². The molecule has 0 aromatic heterocycles. The summed E-state index contributed by atoms with van der Waals surface area (Å²) in [5, 5.41) is 6.17. The molecule has 154 valence electrons. The Morgan fingerprint density at radius 3 is 2.54 bits per heavy atom. The molecule has 28 heavy (non-hydrogen) atoms. The summed E-state index contributed by atoms with van der Waals surface area (Å²) in [7, 11) is 0. The first kappa shape index (κ1) is 20.7. The van der Waals surface area contributed by atoms with Crippen molar-refractivity contribution >= 4 is 23.2 Å². The van der Waals surface area contributed by atoms with Crippen molar-refractivity contribution in [1.29, 1.82) is 0 Å².